The Labute approximate surface area is 58.4 Å². The Bertz CT molecular complexity index is 109. The summed E-state index contributed by atoms with van der Waals surface area (Å²) < 4.78 is 16.7. The predicted octanol–water partition coefficient (Wildman–Crippen LogP) is -0.533. The van der Waals surface area contributed by atoms with Crippen molar-refractivity contribution >= 4 is 0 Å². The minimum Gasteiger partial charge on any atom is -0.390 e. The summed E-state index contributed by atoms with van der Waals surface area (Å²) in [6.07, 6.45) is -2.01. The van der Waals surface area contributed by atoms with E-state index >= 15 is 0 Å². The first-order valence-electron chi connectivity index (χ1n) is 3.27. The number of ether oxygens (including phenoxy) is 1. The molecule has 4 heteroatoms. The van der Waals surface area contributed by atoms with Crippen molar-refractivity contribution in [3.8, 4) is 0 Å². The first-order chi connectivity index (χ1) is 4.74. The molecule has 0 spiro atoms. The summed E-state index contributed by atoms with van der Waals surface area (Å²) in [6, 6.07) is 0. The van der Waals surface area contributed by atoms with Crippen LogP contribution in [0.2, 0.25) is 0 Å². The highest BCUT2D eigenvalue weighted by molar-refractivity contribution is 4.76. The zero-order valence-electron chi connectivity index (χ0n) is 5.53. The molecule has 0 saturated carbocycles. The summed E-state index contributed by atoms with van der Waals surface area (Å²) in [5.41, 5.74) is 0. The topological polar surface area (TPSA) is 49.7 Å². The Morgan fingerprint density at radius 3 is 2.60 bits per heavy atom. The van der Waals surface area contributed by atoms with Crippen LogP contribution in [0.1, 0.15) is 6.42 Å². The Kier molecular flexibility index (Phi) is 2.59. The van der Waals surface area contributed by atoms with Crippen molar-refractivity contribution in [2.75, 3.05) is 13.3 Å². The molecule has 0 aliphatic carbocycles. The molecule has 1 saturated heterocycles. The number of hydrogen-bond donors (Lipinski definition) is 2. The molecule has 0 radical (unpaired) electrons. The van der Waals surface area contributed by atoms with E-state index in [2.05, 4.69) is 0 Å². The van der Waals surface area contributed by atoms with E-state index in [-0.39, 0.29) is 13.0 Å². The van der Waals surface area contributed by atoms with Crippen LogP contribution in [0, 0.1) is 0 Å². The van der Waals surface area contributed by atoms with E-state index in [4.69, 9.17) is 14.9 Å². The lowest BCUT2D eigenvalue weighted by atomic mass is 10.1. The molecule has 1 rings (SSSR count). The van der Waals surface area contributed by atoms with Crippen LogP contribution in [0.5, 0.6) is 0 Å². The predicted molar refractivity (Wildman–Crippen MR) is 32.3 cm³/mol. The average Bonchev–Trinajstić information content (AvgIpc) is 1.95. The third-order valence-corrected chi connectivity index (χ3v) is 1.62. The largest absolute Gasteiger partial charge is 0.390 e. The number of aliphatic hydroxyl groups excluding tert-OH is 2. The van der Waals surface area contributed by atoms with Crippen LogP contribution in [0.25, 0.3) is 0 Å². The van der Waals surface area contributed by atoms with Gasteiger partial charge in [0.1, 0.15) is 12.8 Å². The molecule has 1 heterocycles. The lowest BCUT2D eigenvalue weighted by Crippen LogP contribution is -2.41. The lowest BCUT2D eigenvalue weighted by molar-refractivity contribution is -0.125. The van der Waals surface area contributed by atoms with Gasteiger partial charge in [-0.2, -0.15) is 0 Å². The van der Waals surface area contributed by atoms with Crippen LogP contribution in [-0.4, -0.2) is 41.8 Å². The smallest absolute Gasteiger partial charge is 0.116 e. The number of hydrogen-bond acceptors (Lipinski definition) is 3. The van der Waals surface area contributed by atoms with Crippen molar-refractivity contribution in [2.45, 2.75) is 24.7 Å². The van der Waals surface area contributed by atoms with Crippen LogP contribution >= 0.6 is 0 Å². The molecule has 1 aliphatic heterocycles. The van der Waals surface area contributed by atoms with E-state index < -0.39 is 25.0 Å². The quantitative estimate of drug-likeness (QED) is 0.528. The number of halogens is 1. The van der Waals surface area contributed by atoms with E-state index in [1.807, 2.05) is 0 Å². The summed E-state index contributed by atoms with van der Waals surface area (Å²) in [7, 11) is 0. The van der Waals surface area contributed by atoms with Gasteiger partial charge in [0, 0.05) is 6.42 Å². The minimum absolute atomic E-state index is 0.0375. The van der Waals surface area contributed by atoms with Crippen molar-refractivity contribution in [3.63, 3.8) is 0 Å². The van der Waals surface area contributed by atoms with Gasteiger partial charge in [0.25, 0.3) is 0 Å². The maximum Gasteiger partial charge on any atom is 0.116 e. The summed E-state index contributed by atoms with van der Waals surface area (Å²) in [5, 5.41) is 17.9. The van der Waals surface area contributed by atoms with Gasteiger partial charge in [-0.25, -0.2) is 4.39 Å². The average molecular weight is 150 g/mol. The van der Waals surface area contributed by atoms with Crippen LogP contribution in [0.4, 0.5) is 4.39 Å². The summed E-state index contributed by atoms with van der Waals surface area (Å²) >= 11 is 0. The second-order valence-electron chi connectivity index (χ2n) is 2.48. The van der Waals surface area contributed by atoms with Gasteiger partial charge in [0.05, 0.1) is 18.8 Å². The number of aliphatic hydroxyl groups is 2. The van der Waals surface area contributed by atoms with Gasteiger partial charge in [-0.1, -0.05) is 0 Å². The molecule has 0 bridgehead atoms. The van der Waals surface area contributed by atoms with Gasteiger partial charge in [0.2, 0.25) is 0 Å². The van der Waals surface area contributed by atoms with Gasteiger partial charge in [-0.15, -0.1) is 0 Å². The number of alkyl halides is 1. The summed E-state index contributed by atoms with van der Waals surface area (Å²) in [6.45, 7) is -0.556. The standard InChI is InChI=1S/C6H11FO3/c7-2-4-1-5(8)6(9)3-10-4/h4-6,8-9H,1-3H2/t4-,5+,6-/m1/s1. The Hall–Kier alpha value is -0.190. The number of rotatable bonds is 1. The highest BCUT2D eigenvalue weighted by Crippen LogP contribution is 2.14. The Morgan fingerprint density at radius 2 is 2.10 bits per heavy atom. The molecule has 0 unspecified atom stereocenters. The highest BCUT2D eigenvalue weighted by atomic mass is 19.1. The molecule has 0 aromatic rings. The van der Waals surface area contributed by atoms with Crippen molar-refractivity contribution < 1.29 is 19.3 Å². The molecule has 1 aliphatic rings. The molecule has 2 N–H and O–H groups in total. The molecule has 0 aromatic carbocycles. The third-order valence-electron chi connectivity index (χ3n) is 1.62. The Morgan fingerprint density at radius 1 is 1.40 bits per heavy atom. The third kappa shape index (κ3) is 1.65. The van der Waals surface area contributed by atoms with E-state index in [9.17, 15) is 4.39 Å². The SMILES string of the molecule is O[C@@H]1CO[C@@H](CF)C[C@@H]1O. The molecule has 0 aromatic heterocycles. The first-order valence-corrected chi connectivity index (χ1v) is 3.27. The zero-order valence-corrected chi connectivity index (χ0v) is 5.53. The van der Waals surface area contributed by atoms with E-state index in [1.165, 1.54) is 0 Å². The monoisotopic (exact) mass is 150 g/mol. The molecular weight excluding hydrogens is 139 g/mol. The molecular formula is C6H11FO3. The maximum atomic E-state index is 11.9. The molecule has 3 nitrogen and oxygen atoms in total. The second-order valence-corrected chi connectivity index (χ2v) is 2.48. The zero-order chi connectivity index (χ0) is 7.56. The van der Waals surface area contributed by atoms with E-state index in [0.29, 0.717) is 0 Å². The fourth-order valence-electron chi connectivity index (χ4n) is 0.948. The van der Waals surface area contributed by atoms with Gasteiger partial charge >= 0.3 is 0 Å². The van der Waals surface area contributed by atoms with Crippen LogP contribution in [0.15, 0.2) is 0 Å². The van der Waals surface area contributed by atoms with E-state index in [1.54, 1.807) is 0 Å². The van der Waals surface area contributed by atoms with Crippen molar-refractivity contribution in [1.29, 1.82) is 0 Å². The van der Waals surface area contributed by atoms with Crippen LogP contribution in [0.3, 0.4) is 0 Å². The van der Waals surface area contributed by atoms with Crippen molar-refractivity contribution in [1.82, 2.24) is 0 Å². The summed E-state index contributed by atoms with van der Waals surface area (Å²) in [4.78, 5) is 0. The van der Waals surface area contributed by atoms with Crippen LogP contribution in [-0.2, 0) is 4.74 Å². The van der Waals surface area contributed by atoms with Gasteiger partial charge in [-0.3, -0.25) is 0 Å². The maximum absolute atomic E-state index is 11.9. The summed E-state index contributed by atoms with van der Waals surface area (Å²) in [5.74, 6) is 0. The fourth-order valence-corrected chi connectivity index (χ4v) is 0.948. The first kappa shape index (κ1) is 7.91. The molecule has 0 amide bonds. The fraction of sp³-hybridized carbons (Fsp3) is 1.00. The Balaban J connectivity index is 2.33. The van der Waals surface area contributed by atoms with Crippen molar-refractivity contribution in [3.05, 3.63) is 0 Å². The van der Waals surface area contributed by atoms with Gasteiger partial charge in [-0.05, 0) is 0 Å². The normalized spacial score (nSPS) is 41.7. The van der Waals surface area contributed by atoms with Crippen molar-refractivity contribution in [2.24, 2.45) is 0 Å². The second kappa shape index (κ2) is 3.27. The lowest BCUT2D eigenvalue weighted by Gasteiger charge is -2.28. The van der Waals surface area contributed by atoms with E-state index in [0.717, 1.165) is 0 Å². The highest BCUT2D eigenvalue weighted by Gasteiger charge is 2.27. The van der Waals surface area contributed by atoms with Crippen LogP contribution < -0.4 is 0 Å². The van der Waals surface area contributed by atoms with Gasteiger partial charge < -0.3 is 14.9 Å². The minimum atomic E-state index is -0.845. The molecule has 60 valence electrons. The molecule has 10 heavy (non-hydrogen) atoms. The van der Waals surface area contributed by atoms with Gasteiger partial charge in [0.15, 0.2) is 0 Å². The molecule has 3 atom stereocenters. The molecule has 1 fully saturated rings.